The lowest BCUT2D eigenvalue weighted by Gasteiger charge is -2.31. The Kier molecular flexibility index (Phi) is 6.04. The molecule has 1 aliphatic carbocycles. The van der Waals surface area contributed by atoms with Gasteiger partial charge in [-0.2, -0.15) is 0 Å². The van der Waals surface area contributed by atoms with Crippen LogP contribution in [0.4, 0.5) is 0 Å². The highest BCUT2D eigenvalue weighted by Gasteiger charge is 2.22. The van der Waals surface area contributed by atoms with Gasteiger partial charge < -0.3 is 14.2 Å². The molecule has 0 bridgehead atoms. The molecule has 0 spiro atoms. The van der Waals surface area contributed by atoms with Crippen molar-refractivity contribution in [2.24, 2.45) is 0 Å². The van der Waals surface area contributed by atoms with Crippen LogP contribution in [0.1, 0.15) is 45.4 Å². The molecule has 122 valence electrons. The number of amides is 1. The van der Waals surface area contributed by atoms with E-state index < -0.39 is 0 Å². The van der Waals surface area contributed by atoms with Gasteiger partial charge in [0.15, 0.2) is 5.75 Å². The van der Waals surface area contributed by atoms with Crippen LogP contribution in [0.3, 0.4) is 0 Å². The molecule has 5 nitrogen and oxygen atoms in total. The zero-order valence-corrected chi connectivity index (χ0v) is 13.6. The Morgan fingerprint density at radius 2 is 2.09 bits per heavy atom. The molecule has 22 heavy (non-hydrogen) atoms. The fourth-order valence-electron chi connectivity index (χ4n) is 2.89. The molecule has 0 saturated heterocycles. The Hall–Kier alpha value is -1.78. The fourth-order valence-corrected chi connectivity index (χ4v) is 2.89. The van der Waals surface area contributed by atoms with Gasteiger partial charge in [0.1, 0.15) is 6.54 Å². The average Bonchev–Trinajstić information content (AvgIpc) is 2.55. The highest BCUT2D eigenvalue weighted by atomic mass is 16.5. The Labute approximate surface area is 131 Å². The number of aromatic nitrogens is 1. The second-order valence-corrected chi connectivity index (χ2v) is 5.95. The fraction of sp³-hybridized carbons (Fsp3) is 0.647. The Morgan fingerprint density at radius 3 is 2.77 bits per heavy atom. The van der Waals surface area contributed by atoms with E-state index in [1.165, 1.54) is 23.8 Å². The molecule has 1 amide bonds. The predicted octanol–water partition coefficient (Wildman–Crippen LogP) is 2.43. The molecule has 0 N–H and O–H groups in total. The van der Waals surface area contributed by atoms with E-state index in [1.54, 1.807) is 18.3 Å². The molecule has 1 heterocycles. The summed E-state index contributed by atoms with van der Waals surface area (Å²) in [5.74, 6) is 0.305. The van der Waals surface area contributed by atoms with E-state index in [1.807, 2.05) is 18.9 Å². The molecule has 1 aliphatic rings. The first-order valence-corrected chi connectivity index (χ1v) is 8.21. The minimum atomic E-state index is -0.235. The van der Waals surface area contributed by atoms with E-state index in [-0.39, 0.29) is 18.0 Å². The first-order valence-electron chi connectivity index (χ1n) is 8.21. The Bertz CT molecular complexity index is 547. The Morgan fingerprint density at radius 1 is 1.36 bits per heavy atom. The van der Waals surface area contributed by atoms with Crippen molar-refractivity contribution < 1.29 is 9.53 Å². The zero-order valence-electron chi connectivity index (χ0n) is 13.6. The summed E-state index contributed by atoms with van der Waals surface area (Å²) in [6.07, 6.45) is 8.25. The standard InChI is InChI=1S/C17H26N2O3/c1-3-12-22-15-10-7-11-19(17(15)21)13-16(20)18(2)14-8-5-4-6-9-14/h7,10-11,14H,3-6,8-9,12-13H2,1-2H3. The summed E-state index contributed by atoms with van der Waals surface area (Å²) in [6, 6.07) is 3.72. The van der Waals surface area contributed by atoms with Crippen LogP contribution < -0.4 is 10.3 Å². The predicted molar refractivity (Wildman–Crippen MR) is 86.1 cm³/mol. The molecule has 0 aliphatic heterocycles. The number of hydrogen-bond acceptors (Lipinski definition) is 3. The quantitative estimate of drug-likeness (QED) is 0.811. The Balaban J connectivity index is 2.03. The van der Waals surface area contributed by atoms with Gasteiger partial charge in [-0.3, -0.25) is 9.59 Å². The minimum Gasteiger partial charge on any atom is -0.488 e. The second kappa shape index (κ2) is 8.01. The van der Waals surface area contributed by atoms with Gasteiger partial charge >= 0.3 is 0 Å². The number of likely N-dealkylation sites (N-methyl/N-ethyl adjacent to an activating group) is 1. The van der Waals surface area contributed by atoms with Crippen LogP contribution in [0.5, 0.6) is 5.75 Å². The maximum Gasteiger partial charge on any atom is 0.293 e. The van der Waals surface area contributed by atoms with Crippen molar-refractivity contribution in [3.63, 3.8) is 0 Å². The van der Waals surface area contributed by atoms with Crippen molar-refractivity contribution in [3.8, 4) is 5.75 Å². The topological polar surface area (TPSA) is 51.5 Å². The summed E-state index contributed by atoms with van der Waals surface area (Å²) in [4.78, 5) is 26.5. The molecular formula is C17H26N2O3. The molecule has 0 unspecified atom stereocenters. The van der Waals surface area contributed by atoms with Gasteiger partial charge in [0, 0.05) is 19.3 Å². The molecule has 2 rings (SSSR count). The number of carbonyl (C=O) groups is 1. The third-order valence-corrected chi connectivity index (χ3v) is 4.27. The molecule has 1 fully saturated rings. The van der Waals surface area contributed by atoms with Crippen molar-refractivity contribution in [3.05, 3.63) is 28.7 Å². The van der Waals surface area contributed by atoms with E-state index in [2.05, 4.69) is 0 Å². The summed E-state index contributed by atoms with van der Waals surface area (Å²) >= 11 is 0. The summed E-state index contributed by atoms with van der Waals surface area (Å²) in [5, 5.41) is 0. The molecule has 0 aromatic carbocycles. The van der Waals surface area contributed by atoms with E-state index >= 15 is 0 Å². The third-order valence-electron chi connectivity index (χ3n) is 4.27. The number of pyridine rings is 1. The second-order valence-electron chi connectivity index (χ2n) is 5.95. The first kappa shape index (κ1) is 16.6. The van der Waals surface area contributed by atoms with Crippen molar-refractivity contribution in [2.75, 3.05) is 13.7 Å². The normalized spacial score (nSPS) is 15.5. The smallest absolute Gasteiger partial charge is 0.293 e. The lowest BCUT2D eigenvalue weighted by Crippen LogP contribution is -2.41. The largest absolute Gasteiger partial charge is 0.488 e. The van der Waals surface area contributed by atoms with Crippen LogP contribution in [0, 0.1) is 0 Å². The monoisotopic (exact) mass is 306 g/mol. The maximum absolute atomic E-state index is 12.4. The zero-order chi connectivity index (χ0) is 15.9. The van der Waals surface area contributed by atoms with Gasteiger partial charge in [-0.1, -0.05) is 26.2 Å². The van der Waals surface area contributed by atoms with E-state index in [4.69, 9.17) is 4.74 Å². The van der Waals surface area contributed by atoms with E-state index in [0.717, 1.165) is 19.3 Å². The van der Waals surface area contributed by atoms with Crippen LogP contribution in [0.25, 0.3) is 0 Å². The van der Waals surface area contributed by atoms with Crippen LogP contribution in [-0.2, 0) is 11.3 Å². The highest BCUT2D eigenvalue weighted by Crippen LogP contribution is 2.21. The molecule has 5 heteroatoms. The minimum absolute atomic E-state index is 0.0124. The summed E-state index contributed by atoms with van der Waals surface area (Å²) < 4.78 is 6.86. The van der Waals surface area contributed by atoms with Gasteiger partial charge in [-0.05, 0) is 31.4 Å². The van der Waals surface area contributed by atoms with Gasteiger partial charge in [-0.15, -0.1) is 0 Å². The van der Waals surface area contributed by atoms with Gasteiger partial charge in [0.05, 0.1) is 6.61 Å². The van der Waals surface area contributed by atoms with Crippen molar-refractivity contribution >= 4 is 5.91 Å². The SMILES string of the molecule is CCCOc1cccn(CC(=O)N(C)C2CCCCC2)c1=O. The van der Waals surface area contributed by atoms with Gasteiger partial charge in [-0.25, -0.2) is 0 Å². The van der Waals surface area contributed by atoms with E-state index in [0.29, 0.717) is 18.4 Å². The van der Waals surface area contributed by atoms with Crippen LogP contribution >= 0.6 is 0 Å². The summed E-state index contributed by atoms with van der Waals surface area (Å²) in [5.41, 5.74) is -0.235. The molecule has 1 aromatic heterocycles. The number of carbonyl (C=O) groups excluding carboxylic acids is 1. The summed E-state index contributed by atoms with van der Waals surface area (Å²) in [7, 11) is 1.85. The molecule has 0 radical (unpaired) electrons. The van der Waals surface area contributed by atoms with Crippen LogP contribution in [0.15, 0.2) is 23.1 Å². The number of rotatable bonds is 6. The van der Waals surface area contributed by atoms with Gasteiger partial charge in [0.2, 0.25) is 5.91 Å². The number of nitrogens with zero attached hydrogens (tertiary/aromatic N) is 2. The third kappa shape index (κ3) is 4.12. The molecule has 0 atom stereocenters. The van der Waals surface area contributed by atoms with Crippen molar-refractivity contribution in [2.45, 2.75) is 58.0 Å². The van der Waals surface area contributed by atoms with E-state index in [9.17, 15) is 9.59 Å². The van der Waals surface area contributed by atoms with Crippen LogP contribution in [0.2, 0.25) is 0 Å². The molecular weight excluding hydrogens is 280 g/mol. The summed E-state index contributed by atoms with van der Waals surface area (Å²) in [6.45, 7) is 2.58. The van der Waals surface area contributed by atoms with Gasteiger partial charge in [0.25, 0.3) is 5.56 Å². The first-order chi connectivity index (χ1) is 10.6. The lowest BCUT2D eigenvalue weighted by molar-refractivity contribution is -0.133. The number of ether oxygens (including phenoxy) is 1. The maximum atomic E-state index is 12.4. The lowest BCUT2D eigenvalue weighted by atomic mass is 9.94. The van der Waals surface area contributed by atoms with Crippen LogP contribution in [-0.4, -0.2) is 35.1 Å². The van der Waals surface area contributed by atoms with Crippen molar-refractivity contribution in [1.29, 1.82) is 0 Å². The average molecular weight is 306 g/mol. The van der Waals surface area contributed by atoms with Crippen molar-refractivity contribution in [1.82, 2.24) is 9.47 Å². The molecule has 1 saturated carbocycles. The molecule has 1 aromatic rings. The number of hydrogen-bond donors (Lipinski definition) is 0. The highest BCUT2D eigenvalue weighted by molar-refractivity contribution is 5.76.